The summed E-state index contributed by atoms with van der Waals surface area (Å²) in [5.41, 5.74) is 2.62. The van der Waals surface area contributed by atoms with Crippen molar-refractivity contribution in [3.8, 4) is 0 Å². The number of carbonyl (C=O) groups is 2. The van der Waals surface area contributed by atoms with Crippen LogP contribution in [-0.2, 0) is 21.4 Å². The zero-order valence-corrected chi connectivity index (χ0v) is 11.8. The molecule has 0 spiro atoms. The molecule has 2 rings (SSSR count). The second kappa shape index (κ2) is 6.07. The average Bonchev–Trinajstić information content (AvgIpc) is 2.44. The molecule has 1 atom stereocenters. The highest BCUT2D eigenvalue weighted by molar-refractivity contribution is 5.80. The van der Waals surface area contributed by atoms with Gasteiger partial charge in [-0.2, -0.15) is 0 Å². The zero-order valence-electron chi connectivity index (χ0n) is 11.8. The maximum absolute atomic E-state index is 11.7. The van der Waals surface area contributed by atoms with Gasteiger partial charge in [0.1, 0.15) is 0 Å². The number of aryl methyl sites for hydroxylation is 1. The van der Waals surface area contributed by atoms with E-state index in [2.05, 4.69) is 30.4 Å². The van der Waals surface area contributed by atoms with Crippen molar-refractivity contribution in [2.24, 2.45) is 0 Å². The molecule has 0 aromatic heterocycles. The van der Waals surface area contributed by atoms with E-state index in [4.69, 9.17) is 5.11 Å². The van der Waals surface area contributed by atoms with Crippen LogP contribution in [0.4, 0.5) is 0 Å². The highest BCUT2D eigenvalue weighted by atomic mass is 16.4. The minimum absolute atomic E-state index is 0.0479. The lowest BCUT2D eigenvalue weighted by Crippen LogP contribution is -2.41. The van der Waals surface area contributed by atoms with Crippen molar-refractivity contribution in [1.29, 1.82) is 0 Å². The van der Waals surface area contributed by atoms with Gasteiger partial charge in [-0.05, 0) is 30.4 Å². The van der Waals surface area contributed by atoms with Crippen LogP contribution in [-0.4, -0.2) is 23.5 Å². The first kappa shape index (κ1) is 14.6. The van der Waals surface area contributed by atoms with Crippen LogP contribution in [0.1, 0.15) is 43.7 Å². The number of carbonyl (C=O) groups excluding carboxylic acids is 1. The van der Waals surface area contributed by atoms with Crippen molar-refractivity contribution in [1.82, 2.24) is 5.32 Å². The Balaban J connectivity index is 1.99. The van der Waals surface area contributed by atoms with Crippen LogP contribution in [0.15, 0.2) is 24.3 Å². The van der Waals surface area contributed by atoms with Gasteiger partial charge in [0.2, 0.25) is 5.91 Å². The molecule has 0 heterocycles. The highest BCUT2D eigenvalue weighted by Crippen LogP contribution is 2.36. The van der Waals surface area contributed by atoms with Gasteiger partial charge in [0.05, 0.1) is 6.42 Å². The number of fused-ring (bicyclic) bond motifs is 1. The van der Waals surface area contributed by atoms with Crippen LogP contribution in [0.3, 0.4) is 0 Å². The number of nitrogens with one attached hydrogen (secondary N) is 1. The summed E-state index contributed by atoms with van der Waals surface area (Å²) < 4.78 is 0. The SMILES string of the molecule is CC1(CNC(=O)CCC(=O)O)CCCc2ccccc21. The van der Waals surface area contributed by atoms with E-state index in [1.165, 1.54) is 11.1 Å². The van der Waals surface area contributed by atoms with E-state index in [1.54, 1.807) is 0 Å². The summed E-state index contributed by atoms with van der Waals surface area (Å²) in [7, 11) is 0. The minimum Gasteiger partial charge on any atom is -0.481 e. The monoisotopic (exact) mass is 275 g/mol. The summed E-state index contributed by atoms with van der Waals surface area (Å²) in [6, 6.07) is 8.38. The first-order chi connectivity index (χ1) is 9.51. The number of carboxylic acids is 1. The highest BCUT2D eigenvalue weighted by Gasteiger charge is 2.31. The third-order valence-corrected chi connectivity index (χ3v) is 4.08. The fourth-order valence-electron chi connectivity index (χ4n) is 2.92. The van der Waals surface area contributed by atoms with Crippen molar-refractivity contribution >= 4 is 11.9 Å². The third-order valence-electron chi connectivity index (χ3n) is 4.08. The first-order valence-corrected chi connectivity index (χ1v) is 7.08. The van der Waals surface area contributed by atoms with Crippen molar-refractivity contribution in [3.05, 3.63) is 35.4 Å². The summed E-state index contributed by atoms with van der Waals surface area (Å²) in [6.07, 6.45) is 3.20. The topological polar surface area (TPSA) is 66.4 Å². The van der Waals surface area contributed by atoms with Crippen LogP contribution in [0.25, 0.3) is 0 Å². The molecule has 20 heavy (non-hydrogen) atoms. The molecular formula is C16H21NO3. The molecule has 1 unspecified atom stereocenters. The summed E-state index contributed by atoms with van der Waals surface area (Å²) in [5, 5.41) is 11.5. The molecule has 1 aliphatic rings. The van der Waals surface area contributed by atoms with Gasteiger partial charge in [-0.25, -0.2) is 0 Å². The Morgan fingerprint density at radius 1 is 1.30 bits per heavy atom. The molecular weight excluding hydrogens is 254 g/mol. The van der Waals surface area contributed by atoms with Gasteiger partial charge in [0, 0.05) is 18.4 Å². The van der Waals surface area contributed by atoms with E-state index < -0.39 is 5.97 Å². The molecule has 0 saturated carbocycles. The van der Waals surface area contributed by atoms with E-state index in [0.29, 0.717) is 6.54 Å². The van der Waals surface area contributed by atoms with Crippen LogP contribution >= 0.6 is 0 Å². The second-order valence-electron chi connectivity index (χ2n) is 5.74. The molecule has 0 radical (unpaired) electrons. The Labute approximate surface area is 119 Å². The number of hydrogen-bond acceptors (Lipinski definition) is 2. The molecule has 2 N–H and O–H groups in total. The number of hydrogen-bond donors (Lipinski definition) is 2. The van der Waals surface area contributed by atoms with Gasteiger partial charge in [-0.1, -0.05) is 31.2 Å². The molecule has 1 aromatic rings. The van der Waals surface area contributed by atoms with E-state index in [9.17, 15) is 9.59 Å². The lowest BCUT2D eigenvalue weighted by molar-refractivity contribution is -0.138. The summed E-state index contributed by atoms with van der Waals surface area (Å²) >= 11 is 0. The van der Waals surface area contributed by atoms with Gasteiger partial charge in [0.15, 0.2) is 0 Å². The van der Waals surface area contributed by atoms with Gasteiger partial charge < -0.3 is 10.4 Å². The fourth-order valence-corrected chi connectivity index (χ4v) is 2.92. The summed E-state index contributed by atoms with van der Waals surface area (Å²) in [5.74, 6) is -1.12. The Kier molecular flexibility index (Phi) is 4.42. The van der Waals surface area contributed by atoms with Crippen LogP contribution < -0.4 is 5.32 Å². The Morgan fingerprint density at radius 2 is 2.05 bits per heavy atom. The van der Waals surface area contributed by atoms with Gasteiger partial charge in [-0.3, -0.25) is 9.59 Å². The number of rotatable bonds is 5. The van der Waals surface area contributed by atoms with Gasteiger partial charge in [-0.15, -0.1) is 0 Å². The van der Waals surface area contributed by atoms with Gasteiger partial charge >= 0.3 is 5.97 Å². The molecule has 108 valence electrons. The van der Waals surface area contributed by atoms with Crippen molar-refractivity contribution in [2.75, 3.05) is 6.54 Å². The zero-order chi connectivity index (χ0) is 14.6. The molecule has 1 aliphatic carbocycles. The molecule has 4 heteroatoms. The molecule has 1 aromatic carbocycles. The predicted molar refractivity (Wildman–Crippen MR) is 76.6 cm³/mol. The van der Waals surface area contributed by atoms with Crippen LogP contribution in [0.5, 0.6) is 0 Å². The number of benzene rings is 1. The van der Waals surface area contributed by atoms with E-state index in [-0.39, 0.29) is 24.2 Å². The van der Waals surface area contributed by atoms with Gasteiger partial charge in [0.25, 0.3) is 0 Å². The van der Waals surface area contributed by atoms with Crippen molar-refractivity contribution in [2.45, 2.75) is 44.4 Å². The van der Waals surface area contributed by atoms with Crippen LogP contribution in [0.2, 0.25) is 0 Å². The molecule has 0 aliphatic heterocycles. The maximum atomic E-state index is 11.7. The smallest absolute Gasteiger partial charge is 0.303 e. The predicted octanol–water partition coefficient (Wildman–Crippen LogP) is 2.26. The fraction of sp³-hybridized carbons (Fsp3) is 0.500. The normalized spacial score (nSPS) is 21.1. The average molecular weight is 275 g/mol. The molecule has 0 saturated heterocycles. The van der Waals surface area contributed by atoms with Crippen LogP contribution in [0, 0.1) is 0 Å². The van der Waals surface area contributed by atoms with Crippen molar-refractivity contribution in [3.63, 3.8) is 0 Å². The largest absolute Gasteiger partial charge is 0.481 e. The first-order valence-electron chi connectivity index (χ1n) is 7.08. The standard InChI is InChI=1S/C16H21NO3/c1-16(11-17-14(18)8-9-15(19)20)10-4-6-12-5-2-3-7-13(12)16/h2-3,5,7H,4,6,8-11H2,1H3,(H,17,18)(H,19,20). The number of carboxylic acid groups (broad SMARTS) is 1. The second-order valence-corrected chi connectivity index (χ2v) is 5.74. The van der Waals surface area contributed by atoms with Crippen molar-refractivity contribution < 1.29 is 14.7 Å². The molecule has 0 fully saturated rings. The minimum atomic E-state index is -0.936. The molecule has 1 amide bonds. The Hall–Kier alpha value is -1.84. The lowest BCUT2D eigenvalue weighted by atomic mass is 9.71. The quantitative estimate of drug-likeness (QED) is 0.866. The summed E-state index contributed by atoms with van der Waals surface area (Å²) in [6.45, 7) is 2.74. The van der Waals surface area contributed by atoms with E-state index >= 15 is 0 Å². The summed E-state index contributed by atoms with van der Waals surface area (Å²) in [4.78, 5) is 22.1. The molecule has 4 nitrogen and oxygen atoms in total. The Bertz CT molecular complexity index is 512. The maximum Gasteiger partial charge on any atom is 0.303 e. The number of aliphatic carboxylic acids is 1. The molecule has 0 bridgehead atoms. The third kappa shape index (κ3) is 3.38. The number of amides is 1. The van der Waals surface area contributed by atoms with E-state index in [1.807, 2.05) is 6.07 Å². The Morgan fingerprint density at radius 3 is 2.80 bits per heavy atom. The van der Waals surface area contributed by atoms with E-state index in [0.717, 1.165) is 19.3 Å². The lowest BCUT2D eigenvalue weighted by Gasteiger charge is -2.36.